The normalized spacial score (nSPS) is 16.3. The van der Waals surface area contributed by atoms with Crippen LogP contribution in [0.1, 0.15) is 39.0 Å². The fourth-order valence-electron chi connectivity index (χ4n) is 3.28. The van der Waals surface area contributed by atoms with Gasteiger partial charge >= 0.3 is 5.69 Å². The first-order valence-electron chi connectivity index (χ1n) is 7.97. The molecule has 1 aliphatic carbocycles. The highest BCUT2D eigenvalue weighted by Crippen LogP contribution is 2.22. The van der Waals surface area contributed by atoms with Crippen molar-refractivity contribution in [2.24, 2.45) is 14.1 Å². The molecule has 1 aliphatic rings. The third-order valence-electron chi connectivity index (χ3n) is 4.61. The molecule has 7 heteroatoms. The summed E-state index contributed by atoms with van der Waals surface area (Å²) < 4.78 is 4.47. The Kier molecular flexibility index (Phi) is 3.80. The van der Waals surface area contributed by atoms with Crippen LogP contribution in [0.2, 0.25) is 0 Å². The molecule has 0 spiro atoms. The summed E-state index contributed by atoms with van der Waals surface area (Å²) in [5, 5.41) is 3.44. The van der Waals surface area contributed by atoms with Crippen molar-refractivity contribution in [1.82, 2.24) is 18.7 Å². The van der Waals surface area contributed by atoms with Gasteiger partial charge in [0.25, 0.3) is 5.56 Å². The van der Waals surface area contributed by atoms with Gasteiger partial charge in [0.2, 0.25) is 5.95 Å². The first-order chi connectivity index (χ1) is 10.5. The number of nitrogens with zero attached hydrogens (tertiary/aromatic N) is 4. The maximum absolute atomic E-state index is 12.5. The van der Waals surface area contributed by atoms with Crippen molar-refractivity contribution < 1.29 is 0 Å². The number of anilines is 1. The van der Waals surface area contributed by atoms with Gasteiger partial charge in [-0.2, -0.15) is 4.98 Å². The van der Waals surface area contributed by atoms with Crippen molar-refractivity contribution in [3.05, 3.63) is 20.8 Å². The molecular formula is C15H23N5O2. The maximum atomic E-state index is 12.5. The largest absolute Gasteiger partial charge is 0.353 e. The highest BCUT2D eigenvalue weighted by Gasteiger charge is 2.20. The van der Waals surface area contributed by atoms with Crippen molar-refractivity contribution in [3.8, 4) is 0 Å². The predicted octanol–water partition coefficient (Wildman–Crippen LogP) is 1.20. The van der Waals surface area contributed by atoms with E-state index in [0.29, 0.717) is 29.7 Å². The smallest absolute Gasteiger partial charge is 0.332 e. The van der Waals surface area contributed by atoms with Gasteiger partial charge in [0.05, 0.1) is 0 Å². The highest BCUT2D eigenvalue weighted by atomic mass is 16.2. The monoisotopic (exact) mass is 305 g/mol. The van der Waals surface area contributed by atoms with Crippen molar-refractivity contribution in [3.63, 3.8) is 0 Å². The van der Waals surface area contributed by atoms with Gasteiger partial charge in [0.1, 0.15) is 0 Å². The van der Waals surface area contributed by atoms with Gasteiger partial charge in [-0.25, -0.2) is 4.79 Å². The van der Waals surface area contributed by atoms with Crippen molar-refractivity contribution >= 4 is 17.1 Å². The molecule has 3 rings (SSSR count). The SMILES string of the molecule is CCn1c(=O)c2c(nc(NC3CCCCC3)n2C)n(C)c1=O. The molecule has 2 aromatic heterocycles. The minimum atomic E-state index is -0.317. The van der Waals surface area contributed by atoms with Gasteiger partial charge in [-0.1, -0.05) is 19.3 Å². The van der Waals surface area contributed by atoms with Gasteiger partial charge in [0, 0.05) is 26.7 Å². The molecule has 0 atom stereocenters. The molecule has 0 radical (unpaired) electrons. The number of fused-ring (bicyclic) bond motifs is 1. The van der Waals surface area contributed by atoms with Gasteiger partial charge in [0.15, 0.2) is 11.2 Å². The second-order valence-corrected chi connectivity index (χ2v) is 6.04. The summed E-state index contributed by atoms with van der Waals surface area (Å²) in [7, 11) is 3.49. The zero-order chi connectivity index (χ0) is 15.9. The molecule has 0 amide bonds. The molecule has 22 heavy (non-hydrogen) atoms. The van der Waals surface area contributed by atoms with Crippen LogP contribution in [0.4, 0.5) is 5.95 Å². The molecule has 0 unspecified atom stereocenters. The lowest BCUT2D eigenvalue weighted by molar-refractivity contribution is 0.460. The Morgan fingerprint density at radius 2 is 1.82 bits per heavy atom. The molecule has 0 aromatic carbocycles. The van der Waals surface area contributed by atoms with Gasteiger partial charge in [-0.3, -0.25) is 13.9 Å². The Morgan fingerprint density at radius 3 is 2.45 bits per heavy atom. The molecule has 0 bridgehead atoms. The zero-order valence-electron chi connectivity index (χ0n) is 13.4. The molecule has 2 aromatic rings. The van der Waals surface area contributed by atoms with Crippen molar-refractivity contribution in [1.29, 1.82) is 0 Å². The molecule has 0 aliphatic heterocycles. The number of aryl methyl sites for hydroxylation is 2. The summed E-state index contributed by atoms with van der Waals surface area (Å²) in [6, 6.07) is 0.398. The summed E-state index contributed by atoms with van der Waals surface area (Å²) in [5.74, 6) is 0.669. The average molecular weight is 305 g/mol. The van der Waals surface area contributed by atoms with Crippen LogP contribution in [0, 0.1) is 0 Å². The zero-order valence-corrected chi connectivity index (χ0v) is 13.4. The van der Waals surface area contributed by atoms with E-state index in [1.807, 2.05) is 7.05 Å². The lowest BCUT2D eigenvalue weighted by Gasteiger charge is -2.23. The van der Waals surface area contributed by atoms with E-state index < -0.39 is 0 Å². The van der Waals surface area contributed by atoms with E-state index in [2.05, 4.69) is 10.3 Å². The summed E-state index contributed by atoms with van der Waals surface area (Å²) >= 11 is 0. The third kappa shape index (κ3) is 2.24. The molecule has 1 saturated carbocycles. The molecule has 1 N–H and O–H groups in total. The maximum Gasteiger partial charge on any atom is 0.332 e. The van der Waals surface area contributed by atoms with Crippen LogP contribution in [0.15, 0.2) is 9.59 Å². The number of rotatable bonds is 3. The average Bonchev–Trinajstić information content (AvgIpc) is 2.84. The van der Waals surface area contributed by atoms with Gasteiger partial charge < -0.3 is 9.88 Å². The summed E-state index contributed by atoms with van der Waals surface area (Å²) in [6.07, 6.45) is 5.99. The van der Waals surface area contributed by atoms with E-state index >= 15 is 0 Å². The van der Waals surface area contributed by atoms with E-state index in [0.717, 1.165) is 12.8 Å². The molecular weight excluding hydrogens is 282 g/mol. The first-order valence-corrected chi connectivity index (χ1v) is 7.97. The molecule has 0 saturated heterocycles. The highest BCUT2D eigenvalue weighted by molar-refractivity contribution is 5.74. The number of hydrogen-bond donors (Lipinski definition) is 1. The summed E-state index contributed by atoms with van der Waals surface area (Å²) in [5.41, 5.74) is 0.331. The van der Waals surface area contributed by atoms with Crippen molar-refractivity contribution in [2.75, 3.05) is 5.32 Å². The van der Waals surface area contributed by atoms with E-state index in [-0.39, 0.29) is 11.2 Å². The second kappa shape index (κ2) is 5.62. The fraction of sp³-hybridized carbons (Fsp3) is 0.667. The lowest BCUT2D eigenvalue weighted by atomic mass is 9.96. The van der Waals surface area contributed by atoms with Gasteiger partial charge in [-0.05, 0) is 19.8 Å². The predicted molar refractivity (Wildman–Crippen MR) is 86.4 cm³/mol. The molecule has 2 heterocycles. The number of imidazole rings is 1. The third-order valence-corrected chi connectivity index (χ3v) is 4.61. The quantitative estimate of drug-likeness (QED) is 0.924. The van der Waals surface area contributed by atoms with Crippen molar-refractivity contribution in [2.45, 2.75) is 51.6 Å². The fourth-order valence-corrected chi connectivity index (χ4v) is 3.28. The number of nitrogens with one attached hydrogen (secondary N) is 1. The summed E-state index contributed by atoms with van der Waals surface area (Å²) in [6.45, 7) is 2.16. The minimum absolute atomic E-state index is 0.271. The second-order valence-electron chi connectivity index (χ2n) is 6.04. The van der Waals surface area contributed by atoms with Crippen LogP contribution >= 0.6 is 0 Å². The van der Waals surface area contributed by atoms with Crippen LogP contribution in [-0.2, 0) is 20.6 Å². The Bertz CT molecular complexity index is 808. The first kappa shape index (κ1) is 14.9. The van der Waals surface area contributed by atoms with Gasteiger partial charge in [-0.15, -0.1) is 0 Å². The van der Waals surface area contributed by atoms with E-state index in [1.54, 1.807) is 18.5 Å². The Morgan fingerprint density at radius 1 is 1.14 bits per heavy atom. The van der Waals surface area contributed by atoms with Crippen LogP contribution in [0.25, 0.3) is 11.2 Å². The number of hydrogen-bond acceptors (Lipinski definition) is 4. The topological polar surface area (TPSA) is 73.8 Å². The Balaban J connectivity index is 2.12. The van der Waals surface area contributed by atoms with E-state index in [4.69, 9.17) is 0 Å². The van der Waals surface area contributed by atoms with Crippen LogP contribution in [0.5, 0.6) is 0 Å². The number of aromatic nitrogens is 4. The lowest BCUT2D eigenvalue weighted by Crippen LogP contribution is -2.39. The van der Waals surface area contributed by atoms with Crippen LogP contribution < -0.4 is 16.6 Å². The summed E-state index contributed by atoms with van der Waals surface area (Å²) in [4.78, 5) is 29.2. The van der Waals surface area contributed by atoms with Crippen LogP contribution in [-0.4, -0.2) is 24.7 Å². The van der Waals surface area contributed by atoms with E-state index in [9.17, 15) is 9.59 Å². The van der Waals surface area contributed by atoms with Crippen LogP contribution in [0.3, 0.4) is 0 Å². The molecule has 1 fully saturated rings. The van der Waals surface area contributed by atoms with E-state index in [1.165, 1.54) is 28.4 Å². The molecule has 120 valence electrons. The minimum Gasteiger partial charge on any atom is -0.353 e. The Hall–Kier alpha value is -2.05. The standard InChI is InChI=1S/C15H23N5O2/c1-4-20-13(21)11-12(19(3)15(20)22)17-14(18(11)2)16-10-8-6-5-7-9-10/h10H,4-9H2,1-3H3,(H,16,17). The Labute approximate surface area is 128 Å². The molecule has 7 nitrogen and oxygen atoms in total.